The van der Waals surface area contributed by atoms with E-state index in [-0.39, 0.29) is 0 Å². The van der Waals surface area contributed by atoms with Crippen LogP contribution < -0.4 is 0 Å². The molecular formula is C10H11IO4. The molecule has 0 aromatic carbocycles. The molecule has 0 N–H and O–H groups in total. The molecule has 0 fully saturated rings. The first-order chi connectivity index (χ1) is 7.06. The molecule has 5 heteroatoms. The molecular weight excluding hydrogens is 311 g/mol. The summed E-state index contributed by atoms with van der Waals surface area (Å²) in [7, 11) is 2.59. The van der Waals surface area contributed by atoms with Crippen molar-refractivity contribution in [1.29, 1.82) is 0 Å². The largest absolute Gasteiger partial charge is 0.469 e. The summed E-state index contributed by atoms with van der Waals surface area (Å²) >= 11 is 1.90. The average molecular weight is 322 g/mol. The predicted octanol–water partition coefficient (Wildman–Crippen LogP) is 1.25. The van der Waals surface area contributed by atoms with Crippen LogP contribution in [-0.4, -0.2) is 29.6 Å². The summed E-state index contributed by atoms with van der Waals surface area (Å²) in [6.45, 7) is 0. The van der Waals surface area contributed by atoms with E-state index in [1.165, 1.54) is 14.2 Å². The molecule has 1 rings (SSSR count). The molecule has 0 aromatic rings. The third-order valence-electron chi connectivity index (χ3n) is 2.16. The van der Waals surface area contributed by atoms with Gasteiger partial charge >= 0.3 is 11.9 Å². The highest BCUT2D eigenvalue weighted by Crippen LogP contribution is 2.35. The van der Waals surface area contributed by atoms with Gasteiger partial charge < -0.3 is 9.47 Å². The van der Waals surface area contributed by atoms with Gasteiger partial charge in [0.15, 0.2) is 3.42 Å². The Bertz CT molecular complexity index is 334. The van der Waals surface area contributed by atoms with Crippen molar-refractivity contribution in [1.82, 2.24) is 0 Å². The van der Waals surface area contributed by atoms with E-state index in [2.05, 4.69) is 9.47 Å². The van der Waals surface area contributed by atoms with Crippen molar-refractivity contribution < 1.29 is 19.1 Å². The Morgan fingerprint density at radius 3 is 2.47 bits per heavy atom. The van der Waals surface area contributed by atoms with Gasteiger partial charge in [0.2, 0.25) is 0 Å². The van der Waals surface area contributed by atoms with E-state index < -0.39 is 21.3 Å². The monoisotopic (exact) mass is 322 g/mol. The minimum Gasteiger partial charge on any atom is -0.469 e. The first-order valence-corrected chi connectivity index (χ1v) is 5.35. The number of carbonyl (C=O) groups excluding carboxylic acids is 2. The number of hydrogen-bond donors (Lipinski definition) is 0. The maximum Gasteiger partial charge on any atom is 0.326 e. The van der Waals surface area contributed by atoms with Gasteiger partial charge in [-0.2, -0.15) is 0 Å². The molecule has 2 atom stereocenters. The van der Waals surface area contributed by atoms with Crippen LogP contribution in [-0.2, 0) is 19.1 Å². The fraction of sp³-hybridized carbons (Fsp3) is 0.400. The molecule has 0 saturated heterocycles. The molecule has 0 radical (unpaired) electrons. The van der Waals surface area contributed by atoms with Crippen LogP contribution in [0.3, 0.4) is 0 Å². The van der Waals surface area contributed by atoms with Crippen LogP contribution in [0.25, 0.3) is 0 Å². The molecule has 0 bridgehead atoms. The molecule has 0 heterocycles. The molecule has 2 unspecified atom stereocenters. The van der Waals surface area contributed by atoms with Crippen LogP contribution in [0.4, 0.5) is 0 Å². The van der Waals surface area contributed by atoms with Gasteiger partial charge in [-0.3, -0.25) is 9.59 Å². The Hall–Kier alpha value is -0.850. The highest BCUT2D eigenvalue weighted by Gasteiger charge is 2.46. The normalized spacial score (nSPS) is 28.6. The standard InChI is InChI=1S/C10H11IO4/c1-14-8(12)7-5-3-4-6-10(7,11)9(13)15-2/h3-7H,1-2H3. The number of rotatable bonds is 2. The number of esters is 2. The summed E-state index contributed by atoms with van der Waals surface area (Å²) in [5, 5.41) is 0. The Labute approximate surface area is 101 Å². The zero-order valence-corrected chi connectivity index (χ0v) is 10.6. The second kappa shape index (κ2) is 4.78. The van der Waals surface area contributed by atoms with Gasteiger partial charge in [0.25, 0.3) is 0 Å². The van der Waals surface area contributed by atoms with Gasteiger partial charge in [-0.05, 0) is 0 Å². The molecule has 1 aliphatic carbocycles. The second-order valence-electron chi connectivity index (χ2n) is 3.00. The number of allylic oxidation sites excluding steroid dienone is 2. The van der Waals surface area contributed by atoms with Crippen LogP contribution in [0.5, 0.6) is 0 Å². The van der Waals surface area contributed by atoms with Gasteiger partial charge in [0, 0.05) is 0 Å². The summed E-state index contributed by atoms with van der Waals surface area (Å²) in [4.78, 5) is 23.1. The van der Waals surface area contributed by atoms with Crippen molar-refractivity contribution in [2.24, 2.45) is 5.92 Å². The first kappa shape index (κ1) is 12.2. The Kier molecular flexibility index (Phi) is 3.90. The number of hydrogen-bond acceptors (Lipinski definition) is 4. The van der Waals surface area contributed by atoms with Crippen molar-refractivity contribution in [2.45, 2.75) is 3.42 Å². The molecule has 0 amide bonds. The average Bonchev–Trinajstić information content (AvgIpc) is 2.27. The molecule has 0 saturated carbocycles. The van der Waals surface area contributed by atoms with Crippen molar-refractivity contribution in [3.05, 3.63) is 24.3 Å². The molecule has 82 valence electrons. The van der Waals surface area contributed by atoms with E-state index in [9.17, 15) is 9.59 Å². The molecule has 15 heavy (non-hydrogen) atoms. The van der Waals surface area contributed by atoms with Gasteiger partial charge in [-0.15, -0.1) is 0 Å². The smallest absolute Gasteiger partial charge is 0.326 e. The zero-order chi connectivity index (χ0) is 11.5. The molecule has 1 aliphatic rings. The number of methoxy groups -OCH3 is 2. The SMILES string of the molecule is COC(=O)C1C=CC=CC1(I)C(=O)OC. The van der Waals surface area contributed by atoms with E-state index in [0.717, 1.165) is 0 Å². The van der Waals surface area contributed by atoms with Gasteiger partial charge in [0.1, 0.15) is 5.92 Å². The van der Waals surface area contributed by atoms with Gasteiger partial charge in [-0.1, -0.05) is 46.9 Å². The molecule has 0 aliphatic heterocycles. The topological polar surface area (TPSA) is 52.6 Å². The first-order valence-electron chi connectivity index (χ1n) is 4.27. The summed E-state index contributed by atoms with van der Waals surface area (Å²) in [5.41, 5.74) is 0. The fourth-order valence-corrected chi connectivity index (χ4v) is 2.23. The Balaban J connectivity index is 3.04. The number of alkyl halides is 1. The lowest BCUT2D eigenvalue weighted by atomic mass is 9.88. The zero-order valence-electron chi connectivity index (χ0n) is 8.40. The molecule has 0 spiro atoms. The van der Waals surface area contributed by atoms with Crippen LogP contribution in [0.1, 0.15) is 0 Å². The summed E-state index contributed by atoms with van der Waals surface area (Å²) in [6, 6.07) is 0. The van der Waals surface area contributed by atoms with Crippen molar-refractivity contribution >= 4 is 34.5 Å². The Morgan fingerprint density at radius 2 is 1.93 bits per heavy atom. The third kappa shape index (κ3) is 2.22. The number of ether oxygens (including phenoxy) is 2. The Morgan fingerprint density at radius 1 is 1.27 bits per heavy atom. The lowest BCUT2D eigenvalue weighted by molar-refractivity contribution is -0.151. The van der Waals surface area contributed by atoms with Gasteiger partial charge in [0.05, 0.1) is 14.2 Å². The predicted molar refractivity (Wildman–Crippen MR) is 62.6 cm³/mol. The van der Waals surface area contributed by atoms with Crippen molar-refractivity contribution in [3.63, 3.8) is 0 Å². The fourth-order valence-electron chi connectivity index (χ4n) is 1.34. The van der Waals surface area contributed by atoms with E-state index in [0.29, 0.717) is 0 Å². The lowest BCUT2D eigenvalue weighted by Crippen LogP contribution is -2.43. The minimum absolute atomic E-state index is 0.449. The molecule has 0 aromatic heterocycles. The van der Waals surface area contributed by atoms with Crippen LogP contribution in [0.2, 0.25) is 0 Å². The second-order valence-corrected chi connectivity index (χ2v) is 4.79. The third-order valence-corrected chi connectivity index (χ3v) is 3.63. The van der Waals surface area contributed by atoms with Gasteiger partial charge in [-0.25, -0.2) is 0 Å². The van der Waals surface area contributed by atoms with E-state index >= 15 is 0 Å². The summed E-state index contributed by atoms with van der Waals surface area (Å²) in [5.74, 6) is -1.55. The van der Waals surface area contributed by atoms with Crippen LogP contribution in [0.15, 0.2) is 24.3 Å². The molecule has 4 nitrogen and oxygen atoms in total. The van der Waals surface area contributed by atoms with Crippen LogP contribution >= 0.6 is 22.6 Å². The van der Waals surface area contributed by atoms with E-state index in [1.54, 1.807) is 24.3 Å². The van der Waals surface area contributed by atoms with Crippen LogP contribution in [0, 0.1) is 5.92 Å². The minimum atomic E-state index is -1.01. The van der Waals surface area contributed by atoms with E-state index in [4.69, 9.17) is 0 Å². The highest BCUT2D eigenvalue weighted by molar-refractivity contribution is 14.1. The summed E-state index contributed by atoms with van der Waals surface area (Å²) < 4.78 is 8.32. The maximum absolute atomic E-state index is 11.6. The maximum atomic E-state index is 11.6. The quantitative estimate of drug-likeness (QED) is 0.436. The van der Waals surface area contributed by atoms with Crippen molar-refractivity contribution in [2.75, 3.05) is 14.2 Å². The van der Waals surface area contributed by atoms with E-state index in [1.807, 2.05) is 22.6 Å². The lowest BCUT2D eigenvalue weighted by Gasteiger charge is -2.28. The number of carbonyl (C=O) groups is 2. The number of halogens is 1. The summed E-state index contributed by atoms with van der Waals surface area (Å²) in [6.07, 6.45) is 6.69. The highest BCUT2D eigenvalue weighted by atomic mass is 127. The van der Waals surface area contributed by atoms with Crippen molar-refractivity contribution in [3.8, 4) is 0 Å².